The van der Waals surface area contributed by atoms with Gasteiger partial charge in [0, 0.05) is 0 Å². The molecule has 1 heterocycles. The van der Waals surface area contributed by atoms with Crippen LogP contribution in [0.4, 0.5) is 17.6 Å². The third-order valence-corrected chi connectivity index (χ3v) is 5.22. The Hall–Kier alpha value is -2.12. The van der Waals surface area contributed by atoms with Crippen LogP contribution in [-0.2, 0) is 15.5 Å². The van der Waals surface area contributed by atoms with Gasteiger partial charge in [0.15, 0.2) is 0 Å². The molecule has 0 spiro atoms. The van der Waals surface area contributed by atoms with Gasteiger partial charge in [-0.15, -0.1) is 0 Å². The lowest BCUT2D eigenvalue weighted by Gasteiger charge is -2.32. The molecular weight excluding hydrogens is 371 g/mol. The lowest BCUT2D eigenvalue weighted by molar-refractivity contribution is -0.137. The smallest absolute Gasteiger partial charge is 0.398 e. The minimum Gasteiger partial charge on any atom is -0.398 e. The lowest BCUT2D eigenvalue weighted by atomic mass is 9.86. The Kier molecular flexibility index (Phi) is 5.19. The van der Waals surface area contributed by atoms with Crippen molar-refractivity contribution in [2.24, 2.45) is 0 Å². The molecule has 2 aromatic rings. The first-order valence-electron chi connectivity index (χ1n) is 8.89. The summed E-state index contributed by atoms with van der Waals surface area (Å²) >= 11 is 0. The van der Waals surface area contributed by atoms with E-state index in [0.717, 1.165) is 12.1 Å². The highest BCUT2D eigenvalue weighted by Gasteiger charge is 2.53. The molecule has 2 aromatic carbocycles. The second-order valence-corrected chi connectivity index (χ2v) is 7.82. The van der Waals surface area contributed by atoms with Crippen LogP contribution in [-0.4, -0.2) is 18.3 Å². The van der Waals surface area contributed by atoms with Gasteiger partial charge in [0.2, 0.25) is 0 Å². The minimum absolute atomic E-state index is 0.560. The second-order valence-electron chi connectivity index (χ2n) is 7.82. The zero-order valence-corrected chi connectivity index (χ0v) is 16.1. The Morgan fingerprint density at radius 1 is 0.893 bits per heavy atom. The van der Waals surface area contributed by atoms with Gasteiger partial charge >= 0.3 is 13.3 Å². The average Bonchev–Trinajstić information content (AvgIpc) is 2.82. The lowest BCUT2D eigenvalue weighted by Crippen LogP contribution is -2.41. The van der Waals surface area contributed by atoms with Crippen molar-refractivity contribution in [1.82, 2.24) is 0 Å². The van der Waals surface area contributed by atoms with Crippen molar-refractivity contribution in [2.45, 2.75) is 45.1 Å². The summed E-state index contributed by atoms with van der Waals surface area (Å²) in [6, 6.07) is 11.7. The molecule has 0 N–H and O–H groups in total. The number of halogens is 4. The van der Waals surface area contributed by atoms with Crippen LogP contribution in [0.25, 0.3) is 17.2 Å². The van der Waals surface area contributed by atoms with E-state index < -0.39 is 35.8 Å². The molecule has 148 valence electrons. The number of hydrogen-bond acceptors (Lipinski definition) is 2. The highest BCUT2D eigenvalue weighted by Crippen LogP contribution is 2.39. The molecule has 28 heavy (non-hydrogen) atoms. The van der Waals surface area contributed by atoms with Crippen molar-refractivity contribution in [3.05, 3.63) is 65.4 Å². The molecule has 1 aliphatic heterocycles. The van der Waals surface area contributed by atoms with Crippen LogP contribution in [0.1, 0.15) is 38.8 Å². The van der Waals surface area contributed by atoms with Crippen molar-refractivity contribution >= 4 is 13.2 Å². The molecule has 0 radical (unpaired) electrons. The van der Waals surface area contributed by atoms with Crippen molar-refractivity contribution in [2.75, 3.05) is 0 Å². The quantitative estimate of drug-likeness (QED) is 0.450. The summed E-state index contributed by atoms with van der Waals surface area (Å²) in [6.45, 7) is 7.36. The molecule has 0 aromatic heterocycles. The number of benzene rings is 2. The molecule has 7 heteroatoms. The zero-order chi connectivity index (χ0) is 20.7. The Labute approximate surface area is 162 Å². The molecule has 0 aliphatic carbocycles. The molecule has 0 saturated carbocycles. The summed E-state index contributed by atoms with van der Waals surface area (Å²) < 4.78 is 64.2. The molecule has 3 rings (SSSR count). The molecule has 1 aliphatic rings. The maximum Gasteiger partial charge on any atom is 0.525 e. The summed E-state index contributed by atoms with van der Waals surface area (Å²) in [6.07, 6.45) is -3.06. The fourth-order valence-electron chi connectivity index (χ4n) is 2.84. The maximum absolute atomic E-state index is 14.7. The standard InChI is InChI=1S/C21H21BF4O2/c1-19(2)20(3,4)28-22(27-19)18(23)13-14-6-5-7-16(12-14)15-8-10-17(11-9-15)21(24,25)26/h5-13H,1-4H3. The van der Waals surface area contributed by atoms with Crippen LogP contribution in [0.2, 0.25) is 0 Å². The second kappa shape index (κ2) is 7.05. The predicted molar refractivity (Wildman–Crippen MR) is 102 cm³/mol. The minimum atomic E-state index is -4.38. The monoisotopic (exact) mass is 392 g/mol. The van der Waals surface area contributed by atoms with Gasteiger partial charge in [0.05, 0.1) is 16.8 Å². The van der Waals surface area contributed by atoms with Gasteiger partial charge in [-0.2, -0.15) is 13.2 Å². The predicted octanol–water partition coefficient (Wildman–Crippen LogP) is 6.31. The Balaban J connectivity index is 1.83. The van der Waals surface area contributed by atoms with Gasteiger partial charge in [0.1, 0.15) is 5.73 Å². The van der Waals surface area contributed by atoms with Gasteiger partial charge in [-0.25, -0.2) is 4.39 Å². The Morgan fingerprint density at radius 2 is 1.46 bits per heavy atom. The molecule has 1 saturated heterocycles. The molecule has 0 atom stereocenters. The Morgan fingerprint density at radius 3 is 2.00 bits per heavy atom. The molecule has 1 fully saturated rings. The normalized spacial score (nSPS) is 19.1. The summed E-state index contributed by atoms with van der Waals surface area (Å²) in [5, 5.41) is 0. The summed E-state index contributed by atoms with van der Waals surface area (Å²) in [7, 11) is -1.10. The van der Waals surface area contributed by atoms with Gasteiger partial charge in [-0.3, -0.25) is 0 Å². The van der Waals surface area contributed by atoms with E-state index in [9.17, 15) is 17.6 Å². The fourth-order valence-corrected chi connectivity index (χ4v) is 2.84. The first kappa shape index (κ1) is 20.6. The van der Waals surface area contributed by atoms with Crippen LogP contribution >= 0.6 is 0 Å². The topological polar surface area (TPSA) is 18.5 Å². The van der Waals surface area contributed by atoms with Crippen LogP contribution in [0, 0.1) is 0 Å². The molecule has 2 nitrogen and oxygen atoms in total. The Bertz CT molecular complexity index is 870. The van der Waals surface area contributed by atoms with E-state index in [1.807, 2.05) is 27.7 Å². The average molecular weight is 392 g/mol. The maximum atomic E-state index is 14.7. The summed E-state index contributed by atoms with van der Waals surface area (Å²) in [5.41, 5.74) is -0.717. The molecule has 0 amide bonds. The SMILES string of the molecule is CC1(C)OB(C(F)=Cc2cccc(-c3ccc(C(F)(F)F)cc3)c2)OC1(C)C. The fraction of sp³-hybridized carbons (Fsp3) is 0.333. The van der Waals surface area contributed by atoms with Crippen LogP contribution in [0.3, 0.4) is 0 Å². The van der Waals surface area contributed by atoms with Crippen molar-refractivity contribution < 1.29 is 26.9 Å². The third-order valence-electron chi connectivity index (χ3n) is 5.22. The van der Waals surface area contributed by atoms with E-state index >= 15 is 0 Å². The largest absolute Gasteiger partial charge is 0.525 e. The van der Waals surface area contributed by atoms with E-state index in [1.165, 1.54) is 18.2 Å². The van der Waals surface area contributed by atoms with Crippen LogP contribution in [0.5, 0.6) is 0 Å². The third kappa shape index (κ3) is 4.15. The van der Waals surface area contributed by atoms with Crippen molar-refractivity contribution in [3.8, 4) is 11.1 Å². The van der Waals surface area contributed by atoms with Crippen molar-refractivity contribution in [1.29, 1.82) is 0 Å². The van der Waals surface area contributed by atoms with Crippen LogP contribution in [0.15, 0.2) is 54.3 Å². The number of hydrogen-bond donors (Lipinski definition) is 0. The highest BCUT2D eigenvalue weighted by molar-refractivity contribution is 6.54. The molecule has 0 unspecified atom stereocenters. The van der Waals surface area contributed by atoms with E-state index in [4.69, 9.17) is 9.31 Å². The van der Waals surface area contributed by atoms with Crippen molar-refractivity contribution in [3.63, 3.8) is 0 Å². The van der Waals surface area contributed by atoms with E-state index in [2.05, 4.69) is 0 Å². The summed E-state index contributed by atoms with van der Waals surface area (Å²) in [5.74, 6) is 0. The molecular formula is C21H21BF4O2. The van der Waals surface area contributed by atoms with Gasteiger partial charge < -0.3 is 9.31 Å². The first-order chi connectivity index (χ1) is 12.9. The highest BCUT2D eigenvalue weighted by atomic mass is 19.4. The first-order valence-corrected chi connectivity index (χ1v) is 8.89. The van der Waals surface area contributed by atoms with Gasteiger partial charge in [-0.05, 0) is 68.7 Å². The van der Waals surface area contributed by atoms with Gasteiger partial charge in [-0.1, -0.05) is 30.3 Å². The summed E-state index contributed by atoms with van der Waals surface area (Å²) in [4.78, 5) is 0. The number of rotatable bonds is 3. The van der Waals surface area contributed by atoms with E-state index in [-0.39, 0.29) is 0 Å². The molecule has 0 bridgehead atoms. The van der Waals surface area contributed by atoms with E-state index in [1.54, 1.807) is 24.3 Å². The van der Waals surface area contributed by atoms with E-state index in [0.29, 0.717) is 16.7 Å². The zero-order valence-electron chi connectivity index (χ0n) is 16.1. The van der Waals surface area contributed by atoms with Gasteiger partial charge in [0.25, 0.3) is 0 Å². The van der Waals surface area contributed by atoms with Crippen LogP contribution < -0.4 is 0 Å². The number of alkyl halides is 3.